The Morgan fingerprint density at radius 1 is 1.22 bits per heavy atom. The van der Waals surface area contributed by atoms with Gasteiger partial charge < -0.3 is 9.15 Å². The molecule has 0 spiro atoms. The standard InChI is InChI=1S/C14H16F3N3O3/c1-6-10(8(3)20(5)19-6)12(14(15,16)17)23-13(21)11-7(2)18-9(4)22-11/h12H,1-5H3/t12-/m1/s1. The Morgan fingerprint density at radius 3 is 2.22 bits per heavy atom. The van der Waals surface area contributed by atoms with Crippen molar-refractivity contribution in [3.05, 3.63) is 34.3 Å². The van der Waals surface area contributed by atoms with E-state index in [2.05, 4.69) is 10.1 Å². The minimum Gasteiger partial charge on any atom is -0.442 e. The van der Waals surface area contributed by atoms with Crippen LogP contribution >= 0.6 is 0 Å². The van der Waals surface area contributed by atoms with Crippen LogP contribution in [0.2, 0.25) is 0 Å². The van der Waals surface area contributed by atoms with Crippen LogP contribution in [0.25, 0.3) is 0 Å². The molecule has 0 aliphatic rings. The molecule has 2 aromatic heterocycles. The molecule has 2 rings (SSSR count). The maximum Gasteiger partial charge on any atom is 0.430 e. The van der Waals surface area contributed by atoms with E-state index in [9.17, 15) is 18.0 Å². The first-order chi connectivity index (χ1) is 10.5. The number of esters is 1. The van der Waals surface area contributed by atoms with Crippen molar-refractivity contribution in [2.24, 2.45) is 7.05 Å². The minimum absolute atomic E-state index is 0.144. The molecular weight excluding hydrogens is 315 g/mol. The lowest BCUT2D eigenvalue weighted by atomic mass is 10.1. The summed E-state index contributed by atoms with van der Waals surface area (Å²) in [5.41, 5.74) is 0.406. The van der Waals surface area contributed by atoms with Crippen molar-refractivity contribution in [2.75, 3.05) is 0 Å². The number of hydrogen-bond donors (Lipinski definition) is 0. The van der Waals surface area contributed by atoms with Crippen molar-refractivity contribution < 1.29 is 27.1 Å². The van der Waals surface area contributed by atoms with Crippen molar-refractivity contribution in [3.8, 4) is 0 Å². The molecule has 0 fully saturated rings. The predicted octanol–water partition coefficient (Wildman–Crippen LogP) is 3.10. The molecule has 0 bridgehead atoms. The fourth-order valence-electron chi connectivity index (χ4n) is 2.34. The molecule has 126 valence electrons. The largest absolute Gasteiger partial charge is 0.442 e. The number of aromatic nitrogens is 3. The molecule has 2 aromatic rings. The second kappa shape index (κ2) is 5.71. The second-order valence-electron chi connectivity index (χ2n) is 5.18. The van der Waals surface area contributed by atoms with Crippen molar-refractivity contribution >= 4 is 5.97 Å². The zero-order valence-corrected chi connectivity index (χ0v) is 13.3. The average Bonchev–Trinajstić information content (AvgIpc) is 2.86. The van der Waals surface area contributed by atoms with Crippen LogP contribution in [0.5, 0.6) is 0 Å². The molecule has 0 N–H and O–H groups in total. The summed E-state index contributed by atoms with van der Waals surface area (Å²) in [4.78, 5) is 15.9. The first kappa shape index (κ1) is 17.0. The number of carbonyl (C=O) groups excluding carboxylic acids is 1. The first-order valence-electron chi connectivity index (χ1n) is 6.74. The summed E-state index contributed by atoms with van der Waals surface area (Å²) in [5.74, 6) is -1.38. The highest BCUT2D eigenvalue weighted by Gasteiger charge is 2.47. The molecule has 9 heteroatoms. The van der Waals surface area contributed by atoms with Crippen molar-refractivity contribution in [1.82, 2.24) is 14.8 Å². The third-order valence-electron chi connectivity index (χ3n) is 3.44. The maximum atomic E-state index is 13.4. The van der Waals surface area contributed by atoms with Crippen molar-refractivity contribution in [1.29, 1.82) is 0 Å². The van der Waals surface area contributed by atoms with Crippen LogP contribution in [0.3, 0.4) is 0 Å². The quantitative estimate of drug-likeness (QED) is 0.808. The third-order valence-corrected chi connectivity index (χ3v) is 3.44. The van der Waals surface area contributed by atoms with Crippen LogP contribution in [0.1, 0.15) is 45.2 Å². The zero-order chi connectivity index (χ0) is 17.5. The molecule has 0 radical (unpaired) electrons. The van der Waals surface area contributed by atoms with Gasteiger partial charge in [-0.3, -0.25) is 4.68 Å². The van der Waals surface area contributed by atoms with Gasteiger partial charge in [0.25, 0.3) is 0 Å². The highest BCUT2D eigenvalue weighted by Crippen LogP contribution is 2.39. The molecule has 1 atom stereocenters. The molecule has 0 unspecified atom stereocenters. The molecule has 0 aliphatic heterocycles. The summed E-state index contributed by atoms with van der Waals surface area (Å²) in [6.07, 6.45) is -7.20. The lowest BCUT2D eigenvalue weighted by Crippen LogP contribution is -2.27. The first-order valence-corrected chi connectivity index (χ1v) is 6.74. The monoisotopic (exact) mass is 331 g/mol. The number of ether oxygens (including phenoxy) is 1. The summed E-state index contributed by atoms with van der Waals surface area (Å²) in [7, 11) is 1.52. The molecule has 0 amide bonds. The van der Waals surface area contributed by atoms with Gasteiger partial charge in [0.2, 0.25) is 11.9 Å². The normalized spacial score (nSPS) is 13.2. The SMILES string of the molecule is Cc1nc(C)c(C(=O)O[C@H](c2c(C)nn(C)c2C)C(F)(F)F)o1. The third kappa shape index (κ3) is 3.22. The number of carbonyl (C=O) groups is 1. The Bertz CT molecular complexity index is 747. The highest BCUT2D eigenvalue weighted by atomic mass is 19.4. The van der Waals surface area contributed by atoms with E-state index in [1.165, 1.54) is 39.4 Å². The van der Waals surface area contributed by atoms with Crippen LogP contribution in [0, 0.1) is 27.7 Å². The van der Waals surface area contributed by atoms with Crippen LogP contribution in [0.15, 0.2) is 4.42 Å². The summed E-state index contributed by atoms with van der Waals surface area (Å²) < 4.78 is 51.2. The van der Waals surface area contributed by atoms with E-state index >= 15 is 0 Å². The topological polar surface area (TPSA) is 70.2 Å². The summed E-state index contributed by atoms with van der Waals surface area (Å²) in [6, 6.07) is 0. The van der Waals surface area contributed by atoms with Gasteiger partial charge in [0.05, 0.1) is 11.4 Å². The van der Waals surface area contributed by atoms with Crippen LogP contribution < -0.4 is 0 Å². The molecule has 0 aliphatic carbocycles. The summed E-state index contributed by atoms with van der Waals surface area (Å²) in [5, 5.41) is 3.94. The van der Waals surface area contributed by atoms with Gasteiger partial charge in [0.1, 0.15) is 0 Å². The van der Waals surface area contributed by atoms with Crippen molar-refractivity contribution in [2.45, 2.75) is 40.0 Å². The smallest absolute Gasteiger partial charge is 0.430 e. The Morgan fingerprint density at radius 2 is 1.83 bits per heavy atom. The maximum absolute atomic E-state index is 13.4. The number of oxazole rings is 1. The zero-order valence-electron chi connectivity index (χ0n) is 13.3. The Hall–Kier alpha value is -2.32. The van der Waals surface area contributed by atoms with Gasteiger partial charge in [-0.2, -0.15) is 18.3 Å². The number of nitrogens with zero attached hydrogens (tertiary/aromatic N) is 3. The van der Waals surface area contributed by atoms with E-state index in [0.717, 1.165) is 0 Å². The highest BCUT2D eigenvalue weighted by molar-refractivity contribution is 5.87. The van der Waals surface area contributed by atoms with E-state index in [4.69, 9.17) is 9.15 Å². The van der Waals surface area contributed by atoms with Crippen LogP contribution in [0.4, 0.5) is 13.2 Å². The van der Waals surface area contributed by atoms with Gasteiger partial charge in [0.15, 0.2) is 5.89 Å². The van der Waals surface area contributed by atoms with Gasteiger partial charge in [-0.15, -0.1) is 0 Å². The number of hydrogen-bond acceptors (Lipinski definition) is 5. The number of alkyl halides is 3. The summed E-state index contributed by atoms with van der Waals surface area (Å²) >= 11 is 0. The lowest BCUT2D eigenvalue weighted by Gasteiger charge is -2.21. The average molecular weight is 331 g/mol. The second-order valence-corrected chi connectivity index (χ2v) is 5.18. The van der Waals surface area contributed by atoms with Gasteiger partial charge in [-0.25, -0.2) is 9.78 Å². The Balaban J connectivity index is 2.41. The number of aryl methyl sites for hydroxylation is 4. The minimum atomic E-state index is -4.78. The van der Waals surface area contributed by atoms with E-state index in [1.54, 1.807) is 0 Å². The fourth-order valence-corrected chi connectivity index (χ4v) is 2.34. The number of halogens is 3. The van der Waals surface area contributed by atoms with E-state index in [-0.39, 0.29) is 34.3 Å². The predicted molar refractivity (Wildman–Crippen MR) is 72.9 cm³/mol. The van der Waals surface area contributed by atoms with Crippen molar-refractivity contribution in [3.63, 3.8) is 0 Å². The van der Waals surface area contributed by atoms with Gasteiger partial charge >= 0.3 is 12.1 Å². The molecular formula is C14H16F3N3O3. The van der Waals surface area contributed by atoms with Crippen LogP contribution in [-0.4, -0.2) is 26.9 Å². The molecule has 0 saturated carbocycles. The number of rotatable bonds is 3. The molecule has 0 saturated heterocycles. The van der Waals surface area contributed by atoms with Crippen LogP contribution in [-0.2, 0) is 11.8 Å². The molecule has 0 aromatic carbocycles. The lowest BCUT2D eigenvalue weighted by molar-refractivity contribution is -0.208. The fraction of sp³-hybridized carbons (Fsp3) is 0.500. The molecule has 2 heterocycles. The Labute approximate surface area is 130 Å². The molecule has 6 nitrogen and oxygen atoms in total. The summed E-state index contributed by atoms with van der Waals surface area (Å²) in [6.45, 7) is 5.85. The van der Waals surface area contributed by atoms with E-state index < -0.39 is 18.2 Å². The molecule has 23 heavy (non-hydrogen) atoms. The van der Waals surface area contributed by atoms with E-state index in [0.29, 0.717) is 0 Å². The van der Waals surface area contributed by atoms with Gasteiger partial charge in [-0.1, -0.05) is 0 Å². The van der Waals surface area contributed by atoms with E-state index in [1.807, 2.05) is 0 Å². The Kier molecular flexibility index (Phi) is 4.23. The van der Waals surface area contributed by atoms with Gasteiger partial charge in [0, 0.05) is 25.2 Å². The van der Waals surface area contributed by atoms with Gasteiger partial charge in [-0.05, 0) is 20.8 Å².